The van der Waals surface area contributed by atoms with E-state index in [2.05, 4.69) is 30.3 Å². The van der Waals surface area contributed by atoms with E-state index in [4.69, 9.17) is 10.7 Å². The zero-order valence-electron chi connectivity index (χ0n) is 24.5. The Morgan fingerprint density at radius 1 is 1.05 bits per heavy atom. The summed E-state index contributed by atoms with van der Waals surface area (Å²) in [4.78, 5) is 26.6. The van der Waals surface area contributed by atoms with E-state index >= 15 is 0 Å². The second kappa shape index (κ2) is 10.7. The number of hydrogen-bond donors (Lipinski definition) is 1. The number of nitrogens with two attached hydrogens (primary N) is 1. The van der Waals surface area contributed by atoms with Crippen molar-refractivity contribution < 1.29 is 18.0 Å². The molecule has 6 rings (SSSR count). The van der Waals surface area contributed by atoms with Crippen molar-refractivity contribution in [3.63, 3.8) is 0 Å². The van der Waals surface area contributed by atoms with Gasteiger partial charge in [-0.2, -0.15) is 13.2 Å². The second-order valence-electron chi connectivity index (χ2n) is 11.9. The number of benzene rings is 2. The van der Waals surface area contributed by atoms with Crippen LogP contribution in [0.2, 0.25) is 0 Å². The third-order valence-corrected chi connectivity index (χ3v) is 8.96. The van der Waals surface area contributed by atoms with Gasteiger partial charge in [0.25, 0.3) is 0 Å². The Bertz CT molecular complexity index is 1690. The maximum atomic E-state index is 13.3. The van der Waals surface area contributed by atoms with Crippen molar-refractivity contribution in [1.29, 1.82) is 0 Å². The number of anilines is 1. The van der Waals surface area contributed by atoms with Crippen molar-refractivity contribution in [1.82, 2.24) is 24.2 Å². The Labute approximate surface area is 248 Å². The summed E-state index contributed by atoms with van der Waals surface area (Å²) in [6.45, 7) is 11.3. The number of fused-ring (bicyclic) bond motifs is 2. The zero-order chi connectivity index (χ0) is 30.6. The summed E-state index contributed by atoms with van der Waals surface area (Å²) < 4.78 is 41.8. The quantitative estimate of drug-likeness (QED) is 0.290. The molecule has 2 aliphatic heterocycles. The van der Waals surface area contributed by atoms with E-state index in [1.807, 2.05) is 46.7 Å². The van der Waals surface area contributed by atoms with Gasteiger partial charge in [-0.25, -0.2) is 9.97 Å². The molecule has 4 aromatic rings. The molecule has 224 valence electrons. The lowest BCUT2D eigenvalue weighted by molar-refractivity contribution is -0.140. The molecule has 0 aliphatic carbocycles. The van der Waals surface area contributed by atoms with Crippen LogP contribution in [0.4, 0.5) is 19.0 Å². The predicted molar refractivity (Wildman–Crippen MR) is 160 cm³/mol. The standard InChI is InChI=1S/C33H35F3N6O/c1-19(2)41-18-28(43)42-17-25(12-13-27(42)21(41)4)32-39-29(30-31(37)38-14-15-40(30)32)23-10-8-22(9-11-23)20(3)24-6-5-7-26(16-24)33(34,35)36/h5-11,14-16,19-20,25,27H,4,12-13,17-18H2,1-3H3,(H2,37,38)/t20-,25+,27-/m0/s1. The molecule has 2 aromatic heterocycles. The Morgan fingerprint density at radius 2 is 1.79 bits per heavy atom. The van der Waals surface area contributed by atoms with Crippen LogP contribution in [0.25, 0.3) is 16.8 Å². The first-order valence-electron chi connectivity index (χ1n) is 14.6. The van der Waals surface area contributed by atoms with Crippen molar-refractivity contribution in [3.05, 3.63) is 95.7 Å². The van der Waals surface area contributed by atoms with Gasteiger partial charge in [0.2, 0.25) is 5.91 Å². The number of nitrogens with zero attached hydrogens (tertiary/aromatic N) is 5. The van der Waals surface area contributed by atoms with E-state index in [0.29, 0.717) is 35.7 Å². The van der Waals surface area contributed by atoms with Gasteiger partial charge in [0.05, 0.1) is 18.2 Å². The van der Waals surface area contributed by atoms with Crippen molar-refractivity contribution in [2.24, 2.45) is 0 Å². The van der Waals surface area contributed by atoms with Crippen LogP contribution in [0.5, 0.6) is 0 Å². The molecule has 1 amide bonds. The highest BCUT2D eigenvalue weighted by Crippen LogP contribution is 2.39. The number of hydrogen-bond acceptors (Lipinski definition) is 5. The first-order valence-corrected chi connectivity index (χ1v) is 14.6. The Kier molecular flexibility index (Phi) is 7.18. The summed E-state index contributed by atoms with van der Waals surface area (Å²) >= 11 is 0. The molecule has 43 heavy (non-hydrogen) atoms. The van der Waals surface area contributed by atoms with Crippen LogP contribution in [-0.4, -0.2) is 55.2 Å². The lowest BCUT2D eigenvalue weighted by atomic mass is 9.88. The van der Waals surface area contributed by atoms with E-state index in [9.17, 15) is 18.0 Å². The topological polar surface area (TPSA) is 79.8 Å². The van der Waals surface area contributed by atoms with E-state index < -0.39 is 11.7 Å². The Hall–Kier alpha value is -4.34. The molecule has 2 saturated heterocycles. The SMILES string of the molecule is C=C1[C@@H]2CC[C@@H](c3nc(-c4ccc([C@H](C)c5cccc(C(F)(F)F)c5)cc4)c4c(N)nccn34)CN2C(=O)CN1C(C)C. The van der Waals surface area contributed by atoms with Crippen LogP contribution in [0.15, 0.2) is 73.2 Å². The van der Waals surface area contributed by atoms with Crippen LogP contribution in [0, 0.1) is 0 Å². The maximum Gasteiger partial charge on any atom is 0.416 e. The molecular weight excluding hydrogens is 553 g/mol. The highest BCUT2D eigenvalue weighted by molar-refractivity contribution is 5.85. The molecule has 2 fully saturated rings. The van der Waals surface area contributed by atoms with Gasteiger partial charge < -0.3 is 15.5 Å². The molecule has 2 aliphatic rings. The van der Waals surface area contributed by atoms with Crippen LogP contribution in [0.3, 0.4) is 0 Å². The van der Waals surface area contributed by atoms with Gasteiger partial charge in [0, 0.05) is 48.1 Å². The monoisotopic (exact) mass is 588 g/mol. The summed E-state index contributed by atoms with van der Waals surface area (Å²) in [5.41, 5.74) is 10.4. The number of amides is 1. The Balaban J connectivity index is 1.30. The second-order valence-corrected chi connectivity index (χ2v) is 11.9. The first kappa shape index (κ1) is 28.8. The average molecular weight is 589 g/mol. The molecule has 0 unspecified atom stereocenters. The number of piperazine rings is 1. The fraction of sp³-hybridized carbons (Fsp3) is 0.364. The highest BCUT2D eigenvalue weighted by atomic mass is 19.4. The molecule has 0 spiro atoms. The number of rotatable bonds is 5. The predicted octanol–water partition coefficient (Wildman–Crippen LogP) is 6.46. The molecule has 0 saturated carbocycles. The van der Waals surface area contributed by atoms with Crippen LogP contribution >= 0.6 is 0 Å². The van der Waals surface area contributed by atoms with Gasteiger partial charge in [-0.3, -0.25) is 9.20 Å². The summed E-state index contributed by atoms with van der Waals surface area (Å²) in [5.74, 6) is 1.03. The molecular formula is C33H35F3N6O. The smallest absolute Gasteiger partial charge is 0.382 e. The summed E-state index contributed by atoms with van der Waals surface area (Å²) in [6, 6.07) is 13.3. The van der Waals surface area contributed by atoms with Gasteiger partial charge in [0.1, 0.15) is 22.9 Å². The lowest BCUT2D eigenvalue weighted by Crippen LogP contribution is -2.58. The number of alkyl halides is 3. The number of piperidine rings is 1. The number of halogens is 3. The van der Waals surface area contributed by atoms with Crippen molar-refractivity contribution >= 4 is 17.2 Å². The molecule has 2 N–H and O–H groups in total. The molecule has 0 radical (unpaired) electrons. The molecule has 4 heterocycles. The zero-order valence-corrected chi connectivity index (χ0v) is 24.5. The molecule has 0 bridgehead atoms. The minimum atomic E-state index is -4.39. The van der Waals surface area contributed by atoms with E-state index in [1.165, 1.54) is 12.1 Å². The molecule has 2 aromatic carbocycles. The normalized spacial score (nSPS) is 20.2. The van der Waals surface area contributed by atoms with E-state index in [1.54, 1.807) is 12.3 Å². The fourth-order valence-electron chi connectivity index (χ4n) is 6.53. The van der Waals surface area contributed by atoms with Crippen LogP contribution in [0.1, 0.15) is 68.0 Å². The van der Waals surface area contributed by atoms with Gasteiger partial charge in [-0.1, -0.05) is 56.0 Å². The number of carbonyl (C=O) groups is 1. The van der Waals surface area contributed by atoms with Gasteiger partial charge >= 0.3 is 6.18 Å². The van der Waals surface area contributed by atoms with Crippen molar-refractivity contribution in [3.8, 4) is 11.3 Å². The van der Waals surface area contributed by atoms with Gasteiger partial charge in [-0.15, -0.1) is 0 Å². The number of aromatic nitrogens is 3. The number of carbonyl (C=O) groups excluding carboxylic acids is 1. The average Bonchev–Trinajstić information content (AvgIpc) is 3.39. The van der Waals surface area contributed by atoms with E-state index in [-0.39, 0.29) is 29.8 Å². The number of imidazole rings is 1. The van der Waals surface area contributed by atoms with Crippen LogP contribution < -0.4 is 5.73 Å². The summed E-state index contributed by atoms with van der Waals surface area (Å²) in [5, 5.41) is 0. The largest absolute Gasteiger partial charge is 0.416 e. The first-order chi connectivity index (χ1) is 20.4. The van der Waals surface area contributed by atoms with Gasteiger partial charge in [-0.05, 0) is 43.9 Å². The Morgan fingerprint density at radius 3 is 2.49 bits per heavy atom. The van der Waals surface area contributed by atoms with Crippen molar-refractivity contribution in [2.45, 2.75) is 63.7 Å². The maximum absolute atomic E-state index is 13.3. The minimum Gasteiger partial charge on any atom is -0.382 e. The minimum absolute atomic E-state index is 0.00172. The third kappa shape index (κ3) is 5.13. The molecule has 10 heteroatoms. The summed E-state index contributed by atoms with van der Waals surface area (Å²) in [6.07, 6.45) is 0.748. The lowest BCUT2D eigenvalue weighted by Gasteiger charge is -2.49. The van der Waals surface area contributed by atoms with Gasteiger partial charge in [0.15, 0.2) is 0 Å². The van der Waals surface area contributed by atoms with E-state index in [0.717, 1.165) is 41.6 Å². The molecule has 7 nitrogen and oxygen atoms in total. The fourth-order valence-corrected chi connectivity index (χ4v) is 6.53. The third-order valence-electron chi connectivity index (χ3n) is 8.96. The number of nitrogen functional groups attached to an aromatic ring is 1. The summed E-state index contributed by atoms with van der Waals surface area (Å²) in [7, 11) is 0. The van der Waals surface area contributed by atoms with Crippen molar-refractivity contribution in [2.75, 3.05) is 18.8 Å². The molecule has 3 atom stereocenters. The highest BCUT2D eigenvalue weighted by Gasteiger charge is 2.41. The van der Waals surface area contributed by atoms with Crippen LogP contribution in [-0.2, 0) is 11.0 Å².